The number of nitrogens with one attached hydrogen (secondary N) is 1. The molecule has 0 unspecified atom stereocenters. The zero-order chi connectivity index (χ0) is 22.8. The van der Waals surface area contributed by atoms with Crippen molar-refractivity contribution in [2.75, 3.05) is 13.1 Å². The highest BCUT2D eigenvalue weighted by Crippen LogP contribution is 2.23. The van der Waals surface area contributed by atoms with E-state index < -0.39 is 0 Å². The number of hydrogen-bond donors (Lipinski definition) is 1. The Labute approximate surface area is 194 Å². The fourth-order valence-electron chi connectivity index (χ4n) is 4.51. The van der Waals surface area contributed by atoms with E-state index in [2.05, 4.69) is 76.6 Å². The van der Waals surface area contributed by atoms with E-state index in [1.807, 2.05) is 12.1 Å². The SMILES string of the molecule is Cc1ccc(-c2ccnc3c(C(=O)NC4CCN(Cc5ccccc5)CC4)cnn23)cc1C. The molecule has 1 amide bonds. The molecule has 6 heteroatoms. The minimum Gasteiger partial charge on any atom is -0.349 e. The number of rotatable bonds is 5. The van der Waals surface area contributed by atoms with Crippen molar-refractivity contribution >= 4 is 11.6 Å². The summed E-state index contributed by atoms with van der Waals surface area (Å²) in [6, 6.07) is 19.0. The Morgan fingerprint density at radius 2 is 1.82 bits per heavy atom. The number of likely N-dealkylation sites (tertiary alicyclic amines) is 1. The Morgan fingerprint density at radius 3 is 2.58 bits per heavy atom. The van der Waals surface area contributed by atoms with E-state index in [9.17, 15) is 4.79 Å². The molecule has 6 nitrogen and oxygen atoms in total. The van der Waals surface area contributed by atoms with Crippen LogP contribution in [-0.2, 0) is 6.54 Å². The molecule has 0 saturated carbocycles. The summed E-state index contributed by atoms with van der Waals surface area (Å²) in [5.74, 6) is -0.101. The summed E-state index contributed by atoms with van der Waals surface area (Å²) in [7, 11) is 0. The second kappa shape index (κ2) is 9.16. The smallest absolute Gasteiger partial charge is 0.256 e. The van der Waals surface area contributed by atoms with Crippen LogP contribution in [0.1, 0.15) is 39.9 Å². The van der Waals surface area contributed by atoms with Gasteiger partial charge in [-0.25, -0.2) is 9.50 Å². The number of carbonyl (C=O) groups excluding carboxylic acids is 1. The van der Waals surface area contributed by atoms with Gasteiger partial charge in [0, 0.05) is 37.4 Å². The van der Waals surface area contributed by atoms with Gasteiger partial charge in [0.2, 0.25) is 0 Å². The topological polar surface area (TPSA) is 62.5 Å². The molecule has 168 valence electrons. The van der Waals surface area contributed by atoms with Crippen LogP contribution in [0.2, 0.25) is 0 Å². The summed E-state index contributed by atoms with van der Waals surface area (Å²) in [4.78, 5) is 20.0. The average molecular weight is 440 g/mol. The van der Waals surface area contributed by atoms with Crippen molar-refractivity contribution in [3.05, 3.63) is 89.2 Å². The van der Waals surface area contributed by atoms with E-state index in [1.165, 1.54) is 16.7 Å². The third-order valence-electron chi connectivity index (χ3n) is 6.62. The van der Waals surface area contributed by atoms with Gasteiger partial charge in [-0.3, -0.25) is 9.69 Å². The van der Waals surface area contributed by atoms with Crippen LogP contribution in [-0.4, -0.2) is 44.5 Å². The number of aryl methyl sites for hydroxylation is 2. The molecule has 1 saturated heterocycles. The summed E-state index contributed by atoms with van der Waals surface area (Å²) >= 11 is 0. The van der Waals surface area contributed by atoms with Crippen molar-refractivity contribution in [3.63, 3.8) is 0 Å². The molecule has 1 aliphatic heterocycles. The summed E-state index contributed by atoms with van der Waals surface area (Å²) in [6.45, 7) is 7.11. The van der Waals surface area contributed by atoms with Crippen LogP contribution >= 0.6 is 0 Å². The van der Waals surface area contributed by atoms with Crippen molar-refractivity contribution in [1.29, 1.82) is 0 Å². The highest BCUT2D eigenvalue weighted by molar-refractivity contribution is 6.00. The minimum absolute atomic E-state index is 0.101. The van der Waals surface area contributed by atoms with Crippen molar-refractivity contribution in [1.82, 2.24) is 24.8 Å². The predicted octanol–water partition coefficient (Wildman–Crippen LogP) is 4.41. The molecular weight excluding hydrogens is 410 g/mol. The zero-order valence-corrected chi connectivity index (χ0v) is 19.2. The van der Waals surface area contributed by atoms with Crippen LogP contribution in [0.3, 0.4) is 0 Å². The molecule has 0 atom stereocenters. The maximum Gasteiger partial charge on any atom is 0.256 e. The van der Waals surface area contributed by atoms with Gasteiger partial charge in [0.25, 0.3) is 5.91 Å². The quantitative estimate of drug-likeness (QED) is 0.500. The molecule has 1 aliphatic rings. The Hall–Kier alpha value is -3.51. The van der Waals surface area contributed by atoms with Crippen molar-refractivity contribution < 1.29 is 4.79 Å². The lowest BCUT2D eigenvalue weighted by atomic mass is 10.0. The highest BCUT2D eigenvalue weighted by Gasteiger charge is 2.23. The molecule has 0 spiro atoms. The first-order valence-corrected chi connectivity index (χ1v) is 11.6. The molecule has 0 aliphatic carbocycles. The molecule has 4 aromatic rings. The van der Waals surface area contributed by atoms with Gasteiger partial charge in [0.1, 0.15) is 5.56 Å². The highest BCUT2D eigenvalue weighted by atomic mass is 16.1. The maximum atomic E-state index is 13.1. The number of benzene rings is 2. The number of carbonyl (C=O) groups is 1. The zero-order valence-electron chi connectivity index (χ0n) is 19.2. The van der Waals surface area contributed by atoms with Crippen molar-refractivity contribution in [3.8, 4) is 11.3 Å². The number of piperidine rings is 1. The van der Waals surface area contributed by atoms with Crippen molar-refractivity contribution in [2.45, 2.75) is 39.3 Å². The summed E-state index contributed by atoms with van der Waals surface area (Å²) < 4.78 is 1.77. The van der Waals surface area contributed by atoms with Crippen LogP contribution in [0.4, 0.5) is 0 Å². The number of hydrogen-bond acceptors (Lipinski definition) is 4. The van der Waals surface area contributed by atoms with Gasteiger partial charge in [-0.2, -0.15) is 5.10 Å². The lowest BCUT2D eigenvalue weighted by molar-refractivity contribution is 0.0910. The molecule has 0 bridgehead atoms. The maximum absolute atomic E-state index is 13.1. The molecule has 5 rings (SSSR count). The monoisotopic (exact) mass is 439 g/mol. The molecule has 3 heterocycles. The first kappa shape index (κ1) is 21.3. The summed E-state index contributed by atoms with van der Waals surface area (Å²) in [5.41, 5.74) is 6.90. The van der Waals surface area contributed by atoms with Crippen LogP contribution in [0.25, 0.3) is 16.9 Å². The van der Waals surface area contributed by atoms with Gasteiger partial charge in [0.05, 0.1) is 11.9 Å². The first-order chi connectivity index (χ1) is 16.1. The molecule has 0 radical (unpaired) electrons. The standard InChI is InChI=1S/C27H29N5O/c1-19-8-9-22(16-20(19)2)25-10-13-28-26-24(17-29-32(25)26)27(33)30-23-11-14-31(15-12-23)18-21-6-4-3-5-7-21/h3-10,13,16-17,23H,11-12,14-15,18H2,1-2H3,(H,30,33). The number of aromatic nitrogens is 3. The molecule has 1 fully saturated rings. The fraction of sp³-hybridized carbons (Fsp3) is 0.296. The molecule has 33 heavy (non-hydrogen) atoms. The van der Waals surface area contributed by atoms with Gasteiger partial charge >= 0.3 is 0 Å². The largest absolute Gasteiger partial charge is 0.349 e. The predicted molar refractivity (Wildman–Crippen MR) is 130 cm³/mol. The molecular formula is C27H29N5O. The van der Waals surface area contributed by atoms with Crippen LogP contribution < -0.4 is 5.32 Å². The Balaban J connectivity index is 1.27. The number of nitrogens with zero attached hydrogens (tertiary/aromatic N) is 4. The van der Waals surface area contributed by atoms with E-state index in [1.54, 1.807) is 16.9 Å². The van der Waals surface area contributed by atoms with E-state index in [4.69, 9.17) is 0 Å². The second-order valence-corrected chi connectivity index (χ2v) is 8.93. The van der Waals surface area contributed by atoms with Crippen molar-refractivity contribution in [2.24, 2.45) is 0 Å². The van der Waals surface area contributed by atoms with Gasteiger partial charge in [-0.05, 0) is 55.5 Å². The molecule has 2 aromatic carbocycles. The van der Waals surface area contributed by atoms with Gasteiger partial charge in [-0.1, -0.05) is 42.5 Å². The first-order valence-electron chi connectivity index (χ1n) is 11.6. The molecule has 2 aromatic heterocycles. The van der Waals surface area contributed by atoms with E-state index >= 15 is 0 Å². The Bertz CT molecular complexity index is 1270. The lowest BCUT2D eigenvalue weighted by Crippen LogP contribution is -2.44. The third-order valence-corrected chi connectivity index (χ3v) is 6.62. The van der Waals surface area contributed by atoms with E-state index in [-0.39, 0.29) is 11.9 Å². The van der Waals surface area contributed by atoms with Crippen LogP contribution in [0.5, 0.6) is 0 Å². The Morgan fingerprint density at radius 1 is 1.03 bits per heavy atom. The van der Waals surface area contributed by atoms with Crippen LogP contribution in [0, 0.1) is 13.8 Å². The lowest BCUT2D eigenvalue weighted by Gasteiger charge is -2.32. The fourth-order valence-corrected chi connectivity index (χ4v) is 4.51. The average Bonchev–Trinajstić information content (AvgIpc) is 3.27. The van der Waals surface area contributed by atoms with Gasteiger partial charge in [-0.15, -0.1) is 0 Å². The number of fused-ring (bicyclic) bond motifs is 1. The summed E-state index contributed by atoms with van der Waals surface area (Å²) in [5, 5.41) is 7.72. The van der Waals surface area contributed by atoms with E-state index in [0.717, 1.165) is 43.7 Å². The van der Waals surface area contributed by atoms with Gasteiger partial charge < -0.3 is 5.32 Å². The van der Waals surface area contributed by atoms with E-state index in [0.29, 0.717) is 11.2 Å². The normalized spacial score (nSPS) is 15.1. The minimum atomic E-state index is -0.101. The second-order valence-electron chi connectivity index (χ2n) is 8.93. The van der Waals surface area contributed by atoms with Gasteiger partial charge in [0.15, 0.2) is 5.65 Å². The summed E-state index contributed by atoms with van der Waals surface area (Å²) in [6.07, 6.45) is 5.27. The third kappa shape index (κ3) is 4.52. The Kier molecular flexibility index (Phi) is 5.92. The molecule has 1 N–H and O–H groups in total. The van der Waals surface area contributed by atoms with Crippen LogP contribution in [0.15, 0.2) is 67.0 Å². The number of amides is 1.